The van der Waals surface area contributed by atoms with Gasteiger partial charge >= 0.3 is 5.97 Å². The fourth-order valence-corrected chi connectivity index (χ4v) is 7.00. The van der Waals surface area contributed by atoms with Crippen molar-refractivity contribution < 1.29 is 18.3 Å². The van der Waals surface area contributed by atoms with Crippen molar-refractivity contribution in [2.75, 3.05) is 50.8 Å². The molecule has 1 N–H and O–H groups in total. The maximum Gasteiger partial charge on any atom is 0.335 e. The summed E-state index contributed by atoms with van der Waals surface area (Å²) in [6.45, 7) is 12.0. The van der Waals surface area contributed by atoms with E-state index in [2.05, 4.69) is 42.7 Å². The number of hydrogen-bond donors (Lipinski definition) is 1. The molecule has 1 saturated heterocycles. The number of allylic oxidation sites excluding steroid dienone is 2. The Balaban J connectivity index is 1.45. The predicted octanol–water partition coefficient (Wildman–Crippen LogP) is 3.18. The predicted molar refractivity (Wildman–Crippen MR) is 128 cm³/mol. The van der Waals surface area contributed by atoms with Crippen molar-refractivity contribution >= 4 is 21.4 Å². The number of carboxylic acid groups (broad SMARTS) is 1. The molecule has 1 aliphatic carbocycles. The van der Waals surface area contributed by atoms with E-state index in [9.17, 15) is 18.3 Å². The van der Waals surface area contributed by atoms with Crippen LogP contribution in [-0.2, 0) is 9.84 Å². The topological polar surface area (TPSA) is 77.9 Å². The number of sulfone groups is 1. The molecule has 32 heavy (non-hydrogen) atoms. The van der Waals surface area contributed by atoms with Gasteiger partial charge in [-0.05, 0) is 29.7 Å². The fourth-order valence-electron chi connectivity index (χ4n) is 5.72. The highest BCUT2D eigenvalue weighted by molar-refractivity contribution is 7.91. The summed E-state index contributed by atoms with van der Waals surface area (Å²) in [5.41, 5.74) is 4.08. The normalized spacial score (nSPS) is 27.8. The van der Waals surface area contributed by atoms with Gasteiger partial charge in [0.1, 0.15) is 0 Å². The molecular weight excluding hydrogens is 424 g/mol. The molecule has 174 valence electrons. The molecular formula is C25H34N2O4S. The van der Waals surface area contributed by atoms with Crippen LogP contribution in [0.1, 0.15) is 43.1 Å². The van der Waals surface area contributed by atoms with Gasteiger partial charge in [-0.1, -0.05) is 50.6 Å². The molecule has 1 aromatic carbocycles. The van der Waals surface area contributed by atoms with Crippen LogP contribution in [0, 0.1) is 10.8 Å². The van der Waals surface area contributed by atoms with E-state index < -0.39 is 15.8 Å². The average Bonchev–Trinajstić information content (AvgIpc) is 2.72. The number of nitrogens with zero attached hydrogens (tertiary/aromatic N) is 2. The Morgan fingerprint density at radius 1 is 1.00 bits per heavy atom. The summed E-state index contributed by atoms with van der Waals surface area (Å²) < 4.78 is 23.3. The lowest BCUT2D eigenvalue weighted by Gasteiger charge is -2.51. The minimum Gasteiger partial charge on any atom is -0.478 e. The molecule has 0 aromatic heterocycles. The van der Waals surface area contributed by atoms with E-state index in [1.54, 1.807) is 12.1 Å². The Labute approximate surface area is 191 Å². The maximum absolute atomic E-state index is 11.7. The van der Waals surface area contributed by atoms with Gasteiger partial charge in [0.25, 0.3) is 0 Å². The Morgan fingerprint density at radius 3 is 2.25 bits per heavy atom. The Kier molecular flexibility index (Phi) is 6.11. The molecule has 4 rings (SSSR count). The van der Waals surface area contributed by atoms with Crippen molar-refractivity contribution in [2.24, 2.45) is 10.8 Å². The SMILES string of the molecule is CC1(C)C(c2ccc(C(=O)O)cc2)=CC[C@]2(C)CN(CCN3CCS(=O)(=O)CC3)CC=C12. The number of benzene rings is 1. The third-order valence-electron chi connectivity index (χ3n) is 7.49. The van der Waals surface area contributed by atoms with Crippen LogP contribution < -0.4 is 0 Å². The van der Waals surface area contributed by atoms with Gasteiger partial charge in [-0.25, -0.2) is 13.2 Å². The van der Waals surface area contributed by atoms with E-state index in [1.807, 2.05) is 12.1 Å². The van der Waals surface area contributed by atoms with Gasteiger partial charge in [-0.15, -0.1) is 0 Å². The summed E-state index contributed by atoms with van der Waals surface area (Å²) >= 11 is 0. The zero-order chi connectivity index (χ0) is 23.1. The average molecular weight is 459 g/mol. The van der Waals surface area contributed by atoms with Crippen LogP contribution in [0.2, 0.25) is 0 Å². The molecule has 3 aliphatic rings. The van der Waals surface area contributed by atoms with Crippen LogP contribution >= 0.6 is 0 Å². The van der Waals surface area contributed by atoms with Gasteiger partial charge < -0.3 is 10.0 Å². The lowest BCUT2D eigenvalue weighted by molar-refractivity contribution is 0.0697. The molecule has 2 aliphatic heterocycles. The highest BCUT2D eigenvalue weighted by atomic mass is 32.2. The van der Waals surface area contributed by atoms with Crippen molar-refractivity contribution in [2.45, 2.75) is 27.2 Å². The summed E-state index contributed by atoms with van der Waals surface area (Å²) in [4.78, 5) is 16.0. The van der Waals surface area contributed by atoms with Gasteiger partial charge in [0, 0.05) is 50.1 Å². The van der Waals surface area contributed by atoms with Crippen molar-refractivity contribution in [1.29, 1.82) is 0 Å². The highest BCUT2D eigenvalue weighted by Gasteiger charge is 2.45. The van der Waals surface area contributed by atoms with Crippen molar-refractivity contribution in [3.8, 4) is 0 Å². The molecule has 1 fully saturated rings. The van der Waals surface area contributed by atoms with E-state index in [-0.39, 0.29) is 22.3 Å². The number of carboxylic acids is 1. The number of carbonyl (C=O) groups is 1. The second-order valence-electron chi connectivity index (χ2n) is 10.2. The quantitative estimate of drug-likeness (QED) is 0.683. The smallest absolute Gasteiger partial charge is 0.335 e. The maximum atomic E-state index is 11.7. The van der Waals surface area contributed by atoms with E-state index >= 15 is 0 Å². The van der Waals surface area contributed by atoms with Crippen LogP contribution in [0.3, 0.4) is 0 Å². The van der Waals surface area contributed by atoms with Crippen LogP contribution in [-0.4, -0.2) is 80.1 Å². The lowest BCUT2D eigenvalue weighted by Crippen LogP contribution is -2.49. The Morgan fingerprint density at radius 2 is 1.62 bits per heavy atom. The minimum atomic E-state index is -2.83. The molecule has 6 nitrogen and oxygen atoms in total. The molecule has 0 radical (unpaired) electrons. The largest absolute Gasteiger partial charge is 0.478 e. The van der Waals surface area contributed by atoms with E-state index in [1.165, 1.54) is 11.1 Å². The molecule has 0 unspecified atom stereocenters. The minimum absolute atomic E-state index is 0.0670. The van der Waals surface area contributed by atoms with Crippen molar-refractivity contribution in [3.63, 3.8) is 0 Å². The van der Waals surface area contributed by atoms with Gasteiger partial charge in [0.2, 0.25) is 0 Å². The molecule has 0 spiro atoms. The monoisotopic (exact) mass is 458 g/mol. The first-order valence-corrected chi connectivity index (χ1v) is 13.2. The highest BCUT2D eigenvalue weighted by Crippen LogP contribution is 2.55. The van der Waals surface area contributed by atoms with Gasteiger partial charge in [-0.3, -0.25) is 4.90 Å². The molecule has 1 aromatic rings. The summed E-state index contributed by atoms with van der Waals surface area (Å²) in [6.07, 6.45) is 5.69. The van der Waals surface area contributed by atoms with E-state index in [4.69, 9.17) is 0 Å². The molecule has 2 heterocycles. The zero-order valence-electron chi connectivity index (χ0n) is 19.3. The molecule has 0 amide bonds. The first-order valence-electron chi connectivity index (χ1n) is 11.4. The lowest BCUT2D eigenvalue weighted by atomic mass is 9.58. The third kappa shape index (κ3) is 4.56. The van der Waals surface area contributed by atoms with E-state index in [0.29, 0.717) is 18.7 Å². The Hall–Kier alpha value is -1.96. The molecule has 0 bridgehead atoms. The fraction of sp³-hybridized carbons (Fsp3) is 0.560. The van der Waals surface area contributed by atoms with Crippen molar-refractivity contribution in [3.05, 3.63) is 53.1 Å². The zero-order valence-corrected chi connectivity index (χ0v) is 20.1. The summed E-state index contributed by atoms with van der Waals surface area (Å²) in [6, 6.07) is 7.22. The summed E-state index contributed by atoms with van der Waals surface area (Å²) in [7, 11) is -2.83. The number of fused-ring (bicyclic) bond motifs is 1. The first kappa shape index (κ1) is 23.2. The van der Waals surface area contributed by atoms with Crippen LogP contribution in [0.4, 0.5) is 0 Å². The Bertz CT molecular complexity index is 1040. The third-order valence-corrected chi connectivity index (χ3v) is 9.10. The summed E-state index contributed by atoms with van der Waals surface area (Å²) in [5.74, 6) is -0.337. The molecule has 1 atom stereocenters. The first-order chi connectivity index (χ1) is 15.0. The van der Waals surface area contributed by atoms with Gasteiger partial charge in [0.15, 0.2) is 9.84 Å². The number of aromatic carboxylic acids is 1. The van der Waals surface area contributed by atoms with Crippen LogP contribution in [0.5, 0.6) is 0 Å². The summed E-state index contributed by atoms with van der Waals surface area (Å²) in [5, 5.41) is 9.19. The van der Waals surface area contributed by atoms with Gasteiger partial charge in [0.05, 0.1) is 17.1 Å². The van der Waals surface area contributed by atoms with Gasteiger partial charge in [-0.2, -0.15) is 0 Å². The molecule has 0 saturated carbocycles. The van der Waals surface area contributed by atoms with Crippen molar-refractivity contribution in [1.82, 2.24) is 9.80 Å². The molecule has 7 heteroatoms. The standard InChI is InChI=1S/C25H34N2O4S/c1-24(2)21(19-4-6-20(7-5-19)23(28)29)8-10-25(3)18-27(11-9-22(24)25)13-12-26-14-16-32(30,31)17-15-26/h4-9H,10-18H2,1-3H3,(H,28,29)/t25-/m1/s1. The van der Waals surface area contributed by atoms with Crippen LogP contribution in [0.15, 0.2) is 42.0 Å². The second-order valence-corrected chi connectivity index (χ2v) is 12.5. The van der Waals surface area contributed by atoms with Crippen LogP contribution in [0.25, 0.3) is 5.57 Å². The second kappa shape index (κ2) is 8.43. The number of hydrogen-bond acceptors (Lipinski definition) is 5. The van der Waals surface area contributed by atoms with E-state index in [0.717, 1.165) is 38.2 Å². The number of rotatable bonds is 5.